The molecule has 1 atom stereocenters. The summed E-state index contributed by atoms with van der Waals surface area (Å²) in [5.74, 6) is 0.989. The zero-order valence-electron chi connectivity index (χ0n) is 16.6. The van der Waals surface area contributed by atoms with Crippen LogP contribution in [0.25, 0.3) is 10.9 Å². The maximum absolute atomic E-state index is 12.8. The highest BCUT2D eigenvalue weighted by Gasteiger charge is 2.26. The van der Waals surface area contributed by atoms with Crippen LogP contribution >= 0.6 is 23.2 Å². The van der Waals surface area contributed by atoms with Crippen LogP contribution in [0.2, 0.25) is 10.0 Å². The van der Waals surface area contributed by atoms with Crippen LogP contribution in [0.4, 0.5) is 0 Å². The van der Waals surface area contributed by atoms with Crippen molar-refractivity contribution in [2.75, 3.05) is 0 Å². The van der Waals surface area contributed by atoms with Gasteiger partial charge in [0.15, 0.2) is 5.82 Å². The van der Waals surface area contributed by atoms with Crippen molar-refractivity contribution in [3.05, 3.63) is 64.5 Å². The number of sulfonamides is 1. The molecule has 2 N–H and O–H groups in total. The Kier molecular flexibility index (Phi) is 5.94. The predicted octanol–water partition coefficient (Wildman–Crippen LogP) is 4.92. The summed E-state index contributed by atoms with van der Waals surface area (Å²) >= 11 is 12.0. The molecule has 2 heterocycles. The lowest BCUT2D eigenvalue weighted by Crippen LogP contribution is -2.29. The molecule has 0 amide bonds. The van der Waals surface area contributed by atoms with Crippen molar-refractivity contribution < 1.29 is 13.2 Å². The van der Waals surface area contributed by atoms with Gasteiger partial charge in [-0.05, 0) is 49.6 Å². The standard InChI is InChI=1S/C20H19Cl2N5O3S/c1-3-27-19(12(2)26-31(28,29)17-6-4-5-15(21)18(17)22)24-25-20(27)30-14-8-7-13-9-10-23-16(13)11-14/h4-12,23,26H,3H2,1-2H3/t12-/m1/s1. The monoisotopic (exact) mass is 479 g/mol. The molecule has 2 aromatic heterocycles. The second kappa shape index (κ2) is 8.51. The van der Waals surface area contributed by atoms with Crippen molar-refractivity contribution in [1.82, 2.24) is 24.5 Å². The number of aromatic nitrogens is 4. The summed E-state index contributed by atoms with van der Waals surface area (Å²) in [6.45, 7) is 4.04. The van der Waals surface area contributed by atoms with E-state index in [2.05, 4.69) is 19.9 Å². The molecule has 0 aliphatic carbocycles. The van der Waals surface area contributed by atoms with Crippen molar-refractivity contribution in [2.24, 2.45) is 0 Å². The molecule has 0 unspecified atom stereocenters. The van der Waals surface area contributed by atoms with Crippen LogP contribution in [0.3, 0.4) is 0 Å². The molecule has 31 heavy (non-hydrogen) atoms. The van der Waals surface area contributed by atoms with Gasteiger partial charge < -0.3 is 9.72 Å². The Morgan fingerprint density at radius 3 is 2.77 bits per heavy atom. The van der Waals surface area contributed by atoms with Gasteiger partial charge >= 0.3 is 6.01 Å². The number of aromatic amines is 1. The second-order valence-corrected chi connectivity index (χ2v) is 9.28. The Balaban J connectivity index is 1.59. The molecule has 0 aliphatic rings. The minimum atomic E-state index is -3.95. The number of nitrogens with one attached hydrogen (secondary N) is 2. The van der Waals surface area contributed by atoms with E-state index in [0.29, 0.717) is 18.1 Å². The lowest BCUT2D eigenvalue weighted by Gasteiger charge is -2.16. The number of H-pyrrole nitrogens is 1. The lowest BCUT2D eigenvalue weighted by molar-refractivity contribution is 0.408. The Hall–Kier alpha value is -2.59. The number of hydrogen-bond acceptors (Lipinski definition) is 5. The molecule has 0 bridgehead atoms. The minimum Gasteiger partial charge on any atom is -0.424 e. The van der Waals surface area contributed by atoms with Gasteiger partial charge in [-0.1, -0.05) is 34.4 Å². The maximum Gasteiger partial charge on any atom is 0.322 e. The Labute approximate surface area is 189 Å². The van der Waals surface area contributed by atoms with Gasteiger partial charge in [-0.2, -0.15) is 0 Å². The zero-order chi connectivity index (χ0) is 22.2. The van der Waals surface area contributed by atoms with Crippen LogP contribution in [0.5, 0.6) is 11.8 Å². The molecule has 11 heteroatoms. The Bertz CT molecular complexity index is 1350. The van der Waals surface area contributed by atoms with Crippen molar-refractivity contribution in [3.8, 4) is 11.8 Å². The summed E-state index contributed by atoms with van der Waals surface area (Å²) in [7, 11) is -3.95. The van der Waals surface area contributed by atoms with E-state index < -0.39 is 16.1 Å². The average molecular weight is 480 g/mol. The van der Waals surface area contributed by atoms with E-state index >= 15 is 0 Å². The highest BCUT2D eigenvalue weighted by molar-refractivity contribution is 7.89. The average Bonchev–Trinajstić information content (AvgIpc) is 3.35. The Morgan fingerprint density at radius 2 is 2.00 bits per heavy atom. The van der Waals surface area contributed by atoms with Gasteiger partial charge in [-0.25, -0.2) is 13.1 Å². The summed E-state index contributed by atoms with van der Waals surface area (Å²) in [5, 5.41) is 9.43. The highest BCUT2D eigenvalue weighted by Crippen LogP contribution is 2.30. The van der Waals surface area contributed by atoms with Gasteiger partial charge in [0, 0.05) is 24.3 Å². The molecular formula is C20H19Cl2N5O3S. The molecule has 0 saturated carbocycles. The largest absolute Gasteiger partial charge is 0.424 e. The molecule has 4 aromatic rings. The molecule has 0 radical (unpaired) electrons. The first kappa shape index (κ1) is 21.6. The number of nitrogens with zero attached hydrogens (tertiary/aromatic N) is 3. The molecular weight excluding hydrogens is 461 g/mol. The fourth-order valence-corrected chi connectivity index (χ4v) is 5.19. The van der Waals surface area contributed by atoms with Gasteiger partial charge in [0.25, 0.3) is 0 Å². The fourth-order valence-electron chi connectivity index (χ4n) is 3.23. The third-order valence-electron chi connectivity index (χ3n) is 4.72. The molecule has 0 spiro atoms. The summed E-state index contributed by atoms with van der Waals surface area (Å²) in [5.41, 5.74) is 0.930. The number of fused-ring (bicyclic) bond motifs is 1. The summed E-state index contributed by atoms with van der Waals surface area (Å²) in [6.07, 6.45) is 1.85. The van der Waals surface area contributed by atoms with Crippen LogP contribution in [-0.4, -0.2) is 28.2 Å². The van der Waals surface area contributed by atoms with Gasteiger partial charge in [0.1, 0.15) is 10.6 Å². The number of rotatable bonds is 7. The van der Waals surface area contributed by atoms with E-state index in [-0.39, 0.29) is 21.0 Å². The summed E-state index contributed by atoms with van der Waals surface area (Å²) in [4.78, 5) is 3.02. The second-order valence-electron chi connectivity index (χ2n) is 6.81. The molecule has 2 aromatic carbocycles. The molecule has 0 fully saturated rings. The molecule has 0 aliphatic heterocycles. The normalized spacial score (nSPS) is 12.9. The first-order chi connectivity index (χ1) is 14.8. The van der Waals surface area contributed by atoms with Gasteiger partial charge in [-0.3, -0.25) is 4.57 Å². The topological polar surface area (TPSA) is 102 Å². The van der Waals surface area contributed by atoms with E-state index in [4.69, 9.17) is 27.9 Å². The van der Waals surface area contributed by atoms with Crippen LogP contribution in [-0.2, 0) is 16.6 Å². The SMILES string of the molecule is CCn1c(Oc2ccc3cc[nH]c3c2)nnc1[C@@H](C)NS(=O)(=O)c1cccc(Cl)c1Cl. The van der Waals surface area contributed by atoms with Crippen LogP contribution in [0.1, 0.15) is 25.7 Å². The first-order valence-corrected chi connectivity index (χ1v) is 11.7. The zero-order valence-corrected chi connectivity index (χ0v) is 19.0. The third kappa shape index (κ3) is 4.27. The van der Waals surface area contributed by atoms with Crippen molar-refractivity contribution in [3.63, 3.8) is 0 Å². The summed E-state index contributed by atoms with van der Waals surface area (Å²) in [6, 6.07) is 11.6. The fraction of sp³-hybridized carbons (Fsp3) is 0.200. The minimum absolute atomic E-state index is 0.0374. The maximum atomic E-state index is 12.8. The van der Waals surface area contributed by atoms with Gasteiger partial charge in [0.2, 0.25) is 10.0 Å². The molecule has 162 valence electrons. The quantitative estimate of drug-likeness (QED) is 0.391. The summed E-state index contributed by atoms with van der Waals surface area (Å²) < 4.78 is 35.9. The van der Waals surface area contributed by atoms with Crippen LogP contribution in [0.15, 0.2) is 53.6 Å². The number of ether oxygens (including phenoxy) is 1. The van der Waals surface area contributed by atoms with E-state index in [1.54, 1.807) is 11.5 Å². The first-order valence-electron chi connectivity index (χ1n) is 9.44. The number of benzene rings is 2. The Morgan fingerprint density at radius 1 is 1.19 bits per heavy atom. The lowest BCUT2D eigenvalue weighted by atomic mass is 10.2. The number of hydrogen-bond donors (Lipinski definition) is 2. The highest BCUT2D eigenvalue weighted by atomic mass is 35.5. The third-order valence-corrected chi connectivity index (χ3v) is 7.24. The van der Waals surface area contributed by atoms with Crippen LogP contribution in [0, 0.1) is 0 Å². The van der Waals surface area contributed by atoms with Crippen molar-refractivity contribution in [2.45, 2.75) is 31.3 Å². The van der Waals surface area contributed by atoms with E-state index in [0.717, 1.165) is 10.9 Å². The van der Waals surface area contributed by atoms with E-state index in [1.165, 1.54) is 18.2 Å². The van der Waals surface area contributed by atoms with Crippen LogP contribution < -0.4 is 9.46 Å². The smallest absolute Gasteiger partial charge is 0.322 e. The van der Waals surface area contributed by atoms with Gasteiger partial charge in [0.05, 0.1) is 16.1 Å². The molecule has 4 rings (SSSR count). The molecule has 0 saturated heterocycles. The van der Waals surface area contributed by atoms with Crippen molar-refractivity contribution in [1.29, 1.82) is 0 Å². The van der Waals surface area contributed by atoms with E-state index in [1.807, 2.05) is 37.4 Å². The van der Waals surface area contributed by atoms with Crippen molar-refractivity contribution >= 4 is 44.1 Å². The molecule has 8 nitrogen and oxygen atoms in total. The number of halogens is 2. The van der Waals surface area contributed by atoms with E-state index in [9.17, 15) is 8.42 Å². The predicted molar refractivity (Wildman–Crippen MR) is 119 cm³/mol. The van der Waals surface area contributed by atoms with Gasteiger partial charge in [-0.15, -0.1) is 5.10 Å².